The van der Waals surface area contributed by atoms with Crippen LogP contribution in [0.15, 0.2) is 42.6 Å². The van der Waals surface area contributed by atoms with Gasteiger partial charge in [-0.15, -0.1) is 0 Å². The van der Waals surface area contributed by atoms with E-state index >= 15 is 0 Å². The zero-order valence-electron chi connectivity index (χ0n) is 13.6. The van der Waals surface area contributed by atoms with E-state index in [-0.39, 0.29) is 12.0 Å². The Hall–Kier alpha value is -2.60. The number of pyridine rings is 1. The van der Waals surface area contributed by atoms with E-state index in [0.29, 0.717) is 11.4 Å². The highest BCUT2D eigenvalue weighted by Gasteiger charge is 2.15. The molecule has 2 N–H and O–H groups in total. The number of anilines is 2. The third kappa shape index (κ3) is 4.23. The lowest BCUT2D eigenvalue weighted by Crippen LogP contribution is -2.19. The molecule has 1 saturated heterocycles. The number of methoxy groups -OCH3 is 1. The van der Waals surface area contributed by atoms with Crippen LogP contribution in [0.4, 0.5) is 11.4 Å². The van der Waals surface area contributed by atoms with Gasteiger partial charge < -0.3 is 20.1 Å². The van der Waals surface area contributed by atoms with Gasteiger partial charge in [0.05, 0.1) is 25.1 Å². The molecule has 24 heavy (non-hydrogen) atoms. The normalized spacial score (nSPS) is 16.6. The van der Waals surface area contributed by atoms with E-state index in [1.165, 1.54) is 0 Å². The summed E-state index contributed by atoms with van der Waals surface area (Å²) in [5.74, 6) is 0.499. The molecule has 0 aliphatic carbocycles. The van der Waals surface area contributed by atoms with Gasteiger partial charge in [-0.1, -0.05) is 0 Å². The molecule has 1 aromatic heterocycles. The minimum Gasteiger partial charge on any atom is -0.497 e. The van der Waals surface area contributed by atoms with E-state index in [2.05, 4.69) is 15.6 Å². The SMILES string of the molecule is COc1ccc(NC(=O)c2ccc(NCC3CCCO3)cn2)cc1. The maximum Gasteiger partial charge on any atom is 0.274 e. The highest BCUT2D eigenvalue weighted by atomic mass is 16.5. The first-order valence-corrected chi connectivity index (χ1v) is 8.01. The number of ether oxygens (including phenoxy) is 2. The summed E-state index contributed by atoms with van der Waals surface area (Å²) >= 11 is 0. The Balaban J connectivity index is 1.54. The third-order valence-corrected chi connectivity index (χ3v) is 3.90. The van der Waals surface area contributed by atoms with Gasteiger partial charge in [0.1, 0.15) is 11.4 Å². The van der Waals surface area contributed by atoms with Crippen molar-refractivity contribution in [2.45, 2.75) is 18.9 Å². The average molecular weight is 327 g/mol. The summed E-state index contributed by atoms with van der Waals surface area (Å²) in [4.78, 5) is 16.4. The molecular weight excluding hydrogens is 306 g/mol. The Labute approximate surface area is 141 Å². The van der Waals surface area contributed by atoms with Crippen LogP contribution in [0.25, 0.3) is 0 Å². The molecule has 1 fully saturated rings. The van der Waals surface area contributed by atoms with Gasteiger partial charge in [-0.25, -0.2) is 4.98 Å². The van der Waals surface area contributed by atoms with Crippen molar-refractivity contribution in [1.82, 2.24) is 4.98 Å². The Morgan fingerprint density at radius 1 is 1.25 bits per heavy atom. The fourth-order valence-electron chi connectivity index (χ4n) is 2.54. The predicted octanol–water partition coefficient (Wildman–Crippen LogP) is 2.93. The number of hydrogen-bond acceptors (Lipinski definition) is 5. The number of aromatic nitrogens is 1. The molecule has 0 bridgehead atoms. The highest BCUT2D eigenvalue weighted by Crippen LogP contribution is 2.16. The van der Waals surface area contributed by atoms with E-state index in [0.717, 1.165) is 37.4 Å². The van der Waals surface area contributed by atoms with Crippen LogP contribution >= 0.6 is 0 Å². The van der Waals surface area contributed by atoms with Crippen LogP contribution < -0.4 is 15.4 Å². The van der Waals surface area contributed by atoms with E-state index in [1.54, 1.807) is 43.6 Å². The van der Waals surface area contributed by atoms with Gasteiger partial charge in [-0.05, 0) is 49.2 Å². The van der Waals surface area contributed by atoms with Crippen LogP contribution in [0.2, 0.25) is 0 Å². The molecule has 3 rings (SSSR count). The number of benzene rings is 1. The molecule has 1 aliphatic heterocycles. The summed E-state index contributed by atoms with van der Waals surface area (Å²) in [6.45, 7) is 1.61. The van der Waals surface area contributed by atoms with Crippen molar-refractivity contribution >= 4 is 17.3 Å². The van der Waals surface area contributed by atoms with Crippen LogP contribution in [0.1, 0.15) is 23.3 Å². The zero-order chi connectivity index (χ0) is 16.8. The summed E-state index contributed by atoms with van der Waals surface area (Å²) in [6.07, 6.45) is 4.14. The molecule has 1 aliphatic rings. The number of rotatable bonds is 6. The van der Waals surface area contributed by atoms with Crippen LogP contribution in [-0.4, -0.2) is 37.3 Å². The van der Waals surface area contributed by atoms with Crippen LogP contribution in [0.3, 0.4) is 0 Å². The van der Waals surface area contributed by atoms with Crippen molar-refractivity contribution in [2.24, 2.45) is 0 Å². The van der Waals surface area contributed by atoms with Crippen LogP contribution in [0.5, 0.6) is 5.75 Å². The van der Waals surface area contributed by atoms with E-state index < -0.39 is 0 Å². The quantitative estimate of drug-likeness (QED) is 0.853. The fourth-order valence-corrected chi connectivity index (χ4v) is 2.54. The molecule has 2 aromatic rings. The third-order valence-electron chi connectivity index (χ3n) is 3.90. The summed E-state index contributed by atoms with van der Waals surface area (Å²) in [5.41, 5.74) is 1.95. The van der Waals surface area contributed by atoms with Crippen molar-refractivity contribution < 1.29 is 14.3 Å². The molecule has 6 heteroatoms. The summed E-state index contributed by atoms with van der Waals surface area (Å²) in [5, 5.41) is 6.09. The maximum absolute atomic E-state index is 12.2. The smallest absolute Gasteiger partial charge is 0.274 e. The molecule has 2 heterocycles. The molecule has 1 unspecified atom stereocenters. The van der Waals surface area contributed by atoms with Gasteiger partial charge in [0.2, 0.25) is 0 Å². The van der Waals surface area contributed by atoms with Gasteiger partial charge in [0.25, 0.3) is 5.91 Å². The summed E-state index contributed by atoms with van der Waals surface area (Å²) < 4.78 is 10.7. The number of amides is 1. The Kier molecular flexibility index (Phi) is 5.28. The minimum absolute atomic E-state index is 0.245. The topological polar surface area (TPSA) is 72.5 Å². The molecule has 1 atom stereocenters. The highest BCUT2D eigenvalue weighted by molar-refractivity contribution is 6.02. The zero-order valence-corrected chi connectivity index (χ0v) is 13.6. The van der Waals surface area contributed by atoms with Gasteiger partial charge >= 0.3 is 0 Å². The second kappa shape index (κ2) is 7.79. The van der Waals surface area contributed by atoms with Crippen molar-refractivity contribution in [3.05, 3.63) is 48.3 Å². The Morgan fingerprint density at radius 2 is 2.04 bits per heavy atom. The lowest BCUT2D eigenvalue weighted by atomic mass is 10.2. The molecule has 1 aromatic carbocycles. The first-order chi connectivity index (χ1) is 11.7. The van der Waals surface area contributed by atoms with E-state index in [1.807, 2.05) is 6.07 Å². The summed E-state index contributed by atoms with van der Waals surface area (Å²) in [6, 6.07) is 10.7. The lowest BCUT2D eigenvalue weighted by molar-refractivity contribution is 0.102. The standard InChI is InChI=1S/C18H21N3O3/c1-23-15-7-4-13(5-8-15)21-18(22)17-9-6-14(11-20-17)19-12-16-3-2-10-24-16/h4-9,11,16,19H,2-3,10,12H2,1H3,(H,21,22). The average Bonchev–Trinajstić information content (AvgIpc) is 3.14. The van der Waals surface area contributed by atoms with Gasteiger partial charge in [-0.3, -0.25) is 4.79 Å². The van der Waals surface area contributed by atoms with Crippen molar-refractivity contribution in [3.8, 4) is 5.75 Å². The van der Waals surface area contributed by atoms with Crippen LogP contribution in [0, 0.1) is 0 Å². The number of nitrogens with zero attached hydrogens (tertiary/aromatic N) is 1. The maximum atomic E-state index is 12.2. The number of carbonyl (C=O) groups excluding carboxylic acids is 1. The molecule has 1 amide bonds. The molecule has 6 nitrogen and oxygen atoms in total. The van der Waals surface area contributed by atoms with Crippen molar-refractivity contribution in [1.29, 1.82) is 0 Å². The van der Waals surface area contributed by atoms with E-state index in [9.17, 15) is 4.79 Å². The second-order valence-electron chi connectivity index (χ2n) is 5.63. The largest absolute Gasteiger partial charge is 0.497 e. The molecule has 0 radical (unpaired) electrons. The first-order valence-electron chi connectivity index (χ1n) is 8.01. The summed E-state index contributed by atoms with van der Waals surface area (Å²) in [7, 11) is 1.60. The number of hydrogen-bond donors (Lipinski definition) is 2. The first kappa shape index (κ1) is 16.3. The number of carbonyl (C=O) groups is 1. The number of nitrogens with one attached hydrogen (secondary N) is 2. The minimum atomic E-state index is -0.245. The van der Waals surface area contributed by atoms with Crippen LogP contribution in [-0.2, 0) is 4.74 Å². The van der Waals surface area contributed by atoms with E-state index in [4.69, 9.17) is 9.47 Å². The predicted molar refractivity (Wildman–Crippen MR) is 92.6 cm³/mol. The van der Waals surface area contributed by atoms with Gasteiger partial charge in [0, 0.05) is 18.8 Å². The fraction of sp³-hybridized carbons (Fsp3) is 0.333. The lowest BCUT2D eigenvalue weighted by Gasteiger charge is -2.12. The van der Waals surface area contributed by atoms with Crippen molar-refractivity contribution in [3.63, 3.8) is 0 Å². The van der Waals surface area contributed by atoms with Gasteiger partial charge in [0.15, 0.2) is 0 Å². The monoisotopic (exact) mass is 327 g/mol. The van der Waals surface area contributed by atoms with Crippen molar-refractivity contribution in [2.75, 3.05) is 30.9 Å². The Morgan fingerprint density at radius 3 is 2.67 bits per heavy atom. The molecule has 126 valence electrons. The second-order valence-corrected chi connectivity index (χ2v) is 5.63. The van der Waals surface area contributed by atoms with Gasteiger partial charge in [-0.2, -0.15) is 0 Å². The Bertz CT molecular complexity index is 665. The molecule has 0 saturated carbocycles. The molecule has 0 spiro atoms. The molecular formula is C18H21N3O3.